The Labute approximate surface area is 194 Å². The molecule has 0 N–H and O–H groups in total. The molecule has 0 radical (unpaired) electrons. The minimum absolute atomic E-state index is 0.0252. The van der Waals surface area contributed by atoms with Gasteiger partial charge < -0.3 is 19.3 Å². The summed E-state index contributed by atoms with van der Waals surface area (Å²) in [5.74, 6) is 2.51. The van der Waals surface area contributed by atoms with Crippen LogP contribution in [0.5, 0.6) is 11.5 Å². The van der Waals surface area contributed by atoms with Crippen LogP contribution in [0, 0.1) is 12.8 Å². The van der Waals surface area contributed by atoms with Gasteiger partial charge in [-0.05, 0) is 38.3 Å². The molecule has 3 heterocycles. The van der Waals surface area contributed by atoms with Gasteiger partial charge in [0.1, 0.15) is 0 Å². The summed E-state index contributed by atoms with van der Waals surface area (Å²) in [6, 6.07) is 14.0. The first-order valence-electron chi connectivity index (χ1n) is 11.7. The number of amides is 1. The Hall–Kier alpha value is -3.35. The average molecular weight is 447 g/mol. The van der Waals surface area contributed by atoms with Crippen LogP contribution in [0.4, 0.5) is 5.95 Å². The second kappa shape index (κ2) is 9.25. The maximum atomic E-state index is 13.5. The van der Waals surface area contributed by atoms with Crippen molar-refractivity contribution in [1.29, 1.82) is 0 Å². The number of anilines is 1. The molecule has 33 heavy (non-hydrogen) atoms. The van der Waals surface area contributed by atoms with Gasteiger partial charge in [-0.15, -0.1) is 0 Å². The fourth-order valence-corrected chi connectivity index (χ4v) is 4.86. The summed E-state index contributed by atoms with van der Waals surface area (Å²) in [4.78, 5) is 27.2. The standard InChI is InChI=1S/C26H30N4O3/c1-18-21-8-3-4-9-22(21)28-26(27-18)29-14-11-19(12-15-29)25(31)30-13-6-16-33-24-20(17-30)7-5-10-23(24)32-2/h3-5,7-10,19H,6,11-17H2,1-2H3. The van der Waals surface area contributed by atoms with E-state index in [4.69, 9.17) is 19.4 Å². The van der Waals surface area contributed by atoms with Crippen LogP contribution >= 0.6 is 0 Å². The van der Waals surface area contributed by atoms with Gasteiger partial charge in [-0.25, -0.2) is 9.97 Å². The van der Waals surface area contributed by atoms with E-state index in [9.17, 15) is 4.79 Å². The molecule has 172 valence electrons. The predicted molar refractivity (Wildman–Crippen MR) is 128 cm³/mol. The fourth-order valence-electron chi connectivity index (χ4n) is 4.86. The van der Waals surface area contributed by atoms with Crippen molar-refractivity contribution in [3.8, 4) is 11.5 Å². The van der Waals surface area contributed by atoms with E-state index in [0.29, 0.717) is 19.7 Å². The number of hydrogen-bond acceptors (Lipinski definition) is 6. The van der Waals surface area contributed by atoms with E-state index in [2.05, 4.69) is 11.0 Å². The van der Waals surface area contributed by atoms with Crippen LogP contribution in [0.1, 0.15) is 30.5 Å². The molecular weight excluding hydrogens is 416 g/mol. The zero-order valence-corrected chi connectivity index (χ0v) is 19.3. The molecule has 2 aromatic carbocycles. The molecule has 1 amide bonds. The van der Waals surface area contributed by atoms with E-state index in [0.717, 1.165) is 72.0 Å². The number of para-hydroxylation sites is 2. The summed E-state index contributed by atoms with van der Waals surface area (Å²) < 4.78 is 11.4. The summed E-state index contributed by atoms with van der Waals surface area (Å²) in [5, 5.41) is 1.09. The van der Waals surface area contributed by atoms with E-state index < -0.39 is 0 Å². The van der Waals surface area contributed by atoms with Crippen molar-refractivity contribution in [2.45, 2.75) is 32.7 Å². The van der Waals surface area contributed by atoms with Gasteiger partial charge in [0.05, 0.1) is 24.9 Å². The number of hydrogen-bond donors (Lipinski definition) is 0. The smallest absolute Gasteiger partial charge is 0.226 e. The van der Waals surface area contributed by atoms with Crippen molar-refractivity contribution in [2.24, 2.45) is 5.92 Å². The lowest BCUT2D eigenvalue weighted by molar-refractivity contribution is -0.137. The van der Waals surface area contributed by atoms with E-state index in [-0.39, 0.29) is 11.8 Å². The number of benzene rings is 2. The molecule has 0 unspecified atom stereocenters. The molecule has 5 rings (SSSR count). The van der Waals surface area contributed by atoms with Gasteiger partial charge in [0, 0.05) is 43.0 Å². The van der Waals surface area contributed by atoms with Crippen LogP contribution in [-0.4, -0.2) is 54.1 Å². The maximum absolute atomic E-state index is 13.5. The average Bonchev–Trinajstić information content (AvgIpc) is 2.84. The highest BCUT2D eigenvalue weighted by Crippen LogP contribution is 2.34. The monoisotopic (exact) mass is 446 g/mol. The zero-order valence-electron chi connectivity index (χ0n) is 19.3. The van der Waals surface area contributed by atoms with Gasteiger partial charge in [0.2, 0.25) is 11.9 Å². The number of piperidine rings is 1. The minimum atomic E-state index is 0.0252. The summed E-state index contributed by atoms with van der Waals surface area (Å²) in [5.41, 5.74) is 2.96. The van der Waals surface area contributed by atoms with Crippen molar-refractivity contribution in [3.05, 3.63) is 53.7 Å². The van der Waals surface area contributed by atoms with Gasteiger partial charge in [0.25, 0.3) is 0 Å². The fraction of sp³-hybridized carbons (Fsp3) is 0.423. The molecule has 0 bridgehead atoms. The van der Waals surface area contributed by atoms with Crippen molar-refractivity contribution in [2.75, 3.05) is 38.3 Å². The molecular formula is C26H30N4O3. The summed E-state index contributed by atoms with van der Waals surface area (Å²) >= 11 is 0. The number of carbonyl (C=O) groups is 1. The Kier molecular flexibility index (Phi) is 6.03. The van der Waals surface area contributed by atoms with Crippen molar-refractivity contribution in [1.82, 2.24) is 14.9 Å². The Morgan fingerprint density at radius 2 is 1.88 bits per heavy atom. The molecule has 2 aliphatic rings. The van der Waals surface area contributed by atoms with E-state index in [1.165, 1.54) is 0 Å². The first-order chi connectivity index (χ1) is 16.1. The lowest BCUT2D eigenvalue weighted by Gasteiger charge is -2.35. The number of ether oxygens (including phenoxy) is 2. The molecule has 7 heteroatoms. The van der Waals surface area contributed by atoms with Crippen molar-refractivity contribution >= 4 is 22.8 Å². The second-order valence-electron chi connectivity index (χ2n) is 8.80. The van der Waals surface area contributed by atoms with Crippen molar-refractivity contribution in [3.63, 3.8) is 0 Å². The topological polar surface area (TPSA) is 67.8 Å². The third-order valence-electron chi connectivity index (χ3n) is 6.68. The quantitative estimate of drug-likeness (QED) is 0.606. The molecule has 1 aromatic heterocycles. The van der Waals surface area contributed by atoms with Gasteiger partial charge >= 0.3 is 0 Å². The van der Waals surface area contributed by atoms with Crippen molar-refractivity contribution < 1.29 is 14.3 Å². The molecule has 0 atom stereocenters. The Morgan fingerprint density at radius 3 is 2.70 bits per heavy atom. The first-order valence-corrected chi connectivity index (χ1v) is 11.7. The highest BCUT2D eigenvalue weighted by Gasteiger charge is 2.31. The molecule has 1 fully saturated rings. The first kappa shape index (κ1) is 21.5. The minimum Gasteiger partial charge on any atom is -0.493 e. The van der Waals surface area contributed by atoms with Gasteiger partial charge in [-0.1, -0.05) is 30.3 Å². The van der Waals surface area contributed by atoms with Crippen LogP contribution < -0.4 is 14.4 Å². The molecule has 7 nitrogen and oxygen atoms in total. The molecule has 2 aliphatic heterocycles. The number of carbonyl (C=O) groups excluding carboxylic acids is 1. The Bertz CT molecular complexity index is 1160. The van der Waals surface area contributed by atoms with Gasteiger partial charge in [0.15, 0.2) is 11.5 Å². The lowest BCUT2D eigenvalue weighted by atomic mass is 9.95. The highest BCUT2D eigenvalue weighted by molar-refractivity contribution is 5.82. The molecule has 0 aliphatic carbocycles. The third kappa shape index (κ3) is 4.32. The third-order valence-corrected chi connectivity index (χ3v) is 6.68. The van der Waals surface area contributed by atoms with Crippen LogP contribution in [0.2, 0.25) is 0 Å². The number of nitrogens with zero attached hydrogens (tertiary/aromatic N) is 4. The summed E-state index contributed by atoms with van der Waals surface area (Å²) in [6.07, 6.45) is 2.43. The SMILES string of the molecule is COc1cccc2c1OCCCN(C(=O)C1CCN(c3nc(C)c4ccccc4n3)CC1)C2. The van der Waals surface area contributed by atoms with E-state index in [1.54, 1.807) is 7.11 Å². The van der Waals surface area contributed by atoms with Crippen LogP contribution in [0.25, 0.3) is 10.9 Å². The molecule has 0 saturated carbocycles. The lowest BCUT2D eigenvalue weighted by Crippen LogP contribution is -2.43. The van der Waals surface area contributed by atoms with E-state index in [1.807, 2.05) is 48.2 Å². The van der Waals surface area contributed by atoms with E-state index >= 15 is 0 Å². The Balaban J connectivity index is 1.28. The van der Waals surface area contributed by atoms with Gasteiger partial charge in [-0.2, -0.15) is 0 Å². The number of rotatable bonds is 3. The van der Waals surface area contributed by atoms with Crippen LogP contribution in [0.3, 0.4) is 0 Å². The molecule has 3 aromatic rings. The zero-order chi connectivity index (χ0) is 22.8. The highest BCUT2D eigenvalue weighted by atomic mass is 16.5. The number of methoxy groups -OCH3 is 1. The second-order valence-corrected chi connectivity index (χ2v) is 8.80. The number of fused-ring (bicyclic) bond motifs is 2. The number of aryl methyl sites for hydroxylation is 1. The summed E-state index contributed by atoms with van der Waals surface area (Å²) in [7, 11) is 1.65. The molecule has 1 saturated heterocycles. The number of aromatic nitrogens is 2. The molecule has 0 spiro atoms. The largest absolute Gasteiger partial charge is 0.493 e. The Morgan fingerprint density at radius 1 is 1.06 bits per heavy atom. The normalized spacial score (nSPS) is 17.2. The van der Waals surface area contributed by atoms with Gasteiger partial charge in [-0.3, -0.25) is 4.79 Å². The van der Waals surface area contributed by atoms with Crippen LogP contribution in [-0.2, 0) is 11.3 Å². The summed E-state index contributed by atoms with van der Waals surface area (Å²) in [6.45, 7) is 5.45. The predicted octanol–water partition coefficient (Wildman–Crippen LogP) is 3.97. The van der Waals surface area contributed by atoms with Crippen LogP contribution in [0.15, 0.2) is 42.5 Å². The maximum Gasteiger partial charge on any atom is 0.226 e.